The fraction of sp³-hybridized carbons (Fsp3) is 0.143. The molecule has 2 rings (SSSR count). The molecule has 0 spiro atoms. The number of halogens is 2. The van der Waals surface area contributed by atoms with Crippen molar-refractivity contribution in [2.75, 3.05) is 0 Å². The monoisotopic (exact) mass is 311 g/mol. The molecule has 2 aromatic rings. The molecule has 0 saturated carbocycles. The third kappa shape index (κ3) is 4.11. The van der Waals surface area contributed by atoms with Gasteiger partial charge in [0.15, 0.2) is 0 Å². The highest BCUT2D eigenvalue weighted by atomic mass is 35.5. The standard InChI is InChI=1S/C14H11Cl2NO3/c15-10-6-11(16)8-12(7-10)20-14-9(2-1-5-17-14)3-4-13(18)19/h1-2,5-8H,3-4H2,(H,18,19). The average molecular weight is 312 g/mol. The van der Waals surface area contributed by atoms with Gasteiger partial charge in [-0.15, -0.1) is 0 Å². The van der Waals surface area contributed by atoms with E-state index < -0.39 is 5.97 Å². The van der Waals surface area contributed by atoms with Crippen molar-refractivity contribution < 1.29 is 14.6 Å². The maximum Gasteiger partial charge on any atom is 0.303 e. The van der Waals surface area contributed by atoms with Gasteiger partial charge in [0.2, 0.25) is 5.88 Å². The van der Waals surface area contributed by atoms with Gasteiger partial charge in [-0.25, -0.2) is 4.98 Å². The zero-order valence-electron chi connectivity index (χ0n) is 10.3. The van der Waals surface area contributed by atoms with Crippen molar-refractivity contribution in [3.63, 3.8) is 0 Å². The molecule has 0 aliphatic heterocycles. The van der Waals surface area contributed by atoms with Crippen molar-refractivity contribution in [1.82, 2.24) is 4.98 Å². The lowest BCUT2D eigenvalue weighted by molar-refractivity contribution is -0.136. The van der Waals surface area contributed by atoms with Crippen LogP contribution in [0.5, 0.6) is 11.6 Å². The predicted octanol–water partition coefficient (Wildman–Crippen LogP) is 4.20. The van der Waals surface area contributed by atoms with Gasteiger partial charge in [-0.3, -0.25) is 4.79 Å². The number of ether oxygens (including phenoxy) is 1. The number of aromatic nitrogens is 1. The normalized spacial score (nSPS) is 10.3. The molecule has 0 saturated heterocycles. The first-order valence-electron chi connectivity index (χ1n) is 5.84. The number of carbonyl (C=O) groups is 1. The predicted molar refractivity (Wildman–Crippen MR) is 76.7 cm³/mol. The van der Waals surface area contributed by atoms with Crippen LogP contribution in [-0.4, -0.2) is 16.1 Å². The minimum absolute atomic E-state index is 0.0123. The Labute approximate surface area is 125 Å². The van der Waals surface area contributed by atoms with Gasteiger partial charge >= 0.3 is 5.97 Å². The van der Waals surface area contributed by atoms with Crippen LogP contribution >= 0.6 is 23.2 Å². The summed E-state index contributed by atoms with van der Waals surface area (Å²) < 4.78 is 5.63. The second-order valence-electron chi connectivity index (χ2n) is 4.07. The molecule has 1 aromatic heterocycles. The number of nitrogens with zero attached hydrogens (tertiary/aromatic N) is 1. The van der Waals surface area contributed by atoms with Crippen molar-refractivity contribution in [2.45, 2.75) is 12.8 Å². The summed E-state index contributed by atoms with van der Waals surface area (Å²) in [5, 5.41) is 9.64. The molecule has 6 heteroatoms. The molecule has 0 radical (unpaired) electrons. The Morgan fingerprint density at radius 1 is 1.25 bits per heavy atom. The highest BCUT2D eigenvalue weighted by Gasteiger charge is 2.09. The van der Waals surface area contributed by atoms with Gasteiger partial charge in [0.05, 0.1) is 0 Å². The van der Waals surface area contributed by atoms with Crippen LogP contribution in [0.2, 0.25) is 10.0 Å². The lowest BCUT2D eigenvalue weighted by Gasteiger charge is -2.09. The van der Waals surface area contributed by atoms with E-state index in [0.29, 0.717) is 33.7 Å². The van der Waals surface area contributed by atoms with Crippen molar-refractivity contribution >= 4 is 29.2 Å². The highest BCUT2D eigenvalue weighted by Crippen LogP contribution is 2.29. The highest BCUT2D eigenvalue weighted by molar-refractivity contribution is 6.34. The summed E-state index contributed by atoms with van der Waals surface area (Å²) in [6.07, 6.45) is 1.93. The number of pyridine rings is 1. The number of hydrogen-bond donors (Lipinski definition) is 1. The average Bonchev–Trinajstić information content (AvgIpc) is 2.36. The molecule has 0 aliphatic carbocycles. The van der Waals surface area contributed by atoms with E-state index in [4.69, 9.17) is 33.0 Å². The van der Waals surface area contributed by atoms with E-state index in [9.17, 15) is 4.79 Å². The first kappa shape index (κ1) is 14.6. The quantitative estimate of drug-likeness (QED) is 0.899. The summed E-state index contributed by atoms with van der Waals surface area (Å²) in [5.41, 5.74) is 0.714. The zero-order chi connectivity index (χ0) is 14.5. The Morgan fingerprint density at radius 3 is 2.60 bits per heavy atom. The van der Waals surface area contributed by atoms with E-state index in [1.807, 2.05) is 0 Å². The van der Waals surface area contributed by atoms with Crippen molar-refractivity contribution in [1.29, 1.82) is 0 Å². The van der Waals surface area contributed by atoms with Gasteiger partial charge < -0.3 is 9.84 Å². The number of carboxylic acid groups (broad SMARTS) is 1. The third-order valence-corrected chi connectivity index (χ3v) is 2.95. The maximum absolute atomic E-state index is 10.6. The Balaban J connectivity index is 2.22. The van der Waals surface area contributed by atoms with Crippen molar-refractivity contribution in [2.24, 2.45) is 0 Å². The minimum atomic E-state index is -0.870. The molecule has 0 atom stereocenters. The first-order chi connectivity index (χ1) is 9.54. The summed E-state index contributed by atoms with van der Waals surface area (Å²) in [4.78, 5) is 14.7. The van der Waals surface area contributed by atoms with E-state index in [-0.39, 0.29) is 6.42 Å². The molecule has 20 heavy (non-hydrogen) atoms. The second kappa shape index (κ2) is 6.59. The molecule has 0 aliphatic rings. The Morgan fingerprint density at radius 2 is 1.95 bits per heavy atom. The topological polar surface area (TPSA) is 59.4 Å². The SMILES string of the molecule is O=C(O)CCc1cccnc1Oc1cc(Cl)cc(Cl)c1. The van der Waals surface area contributed by atoms with Crippen LogP contribution in [0.15, 0.2) is 36.5 Å². The minimum Gasteiger partial charge on any atom is -0.481 e. The second-order valence-corrected chi connectivity index (χ2v) is 4.94. The van der Waals surface area contributed by atoms with Gasteiger partial charge in [-0.05, 0) is 30.7 Å². The maximum atomic E-state index is 10.6. The summed E-state index contributed by atoms with van der Waals surface area (Å²) in [5.74, 6) is -0.0598. The van der Waals surface area contributed by atoms with Crippen molar-refractivity contribution in [3.8, 4) is 11.6 Å². The van der Waals surface area contributed by atoms with Crippen LogP contribution in [-0.2, 0) is 11.2 Å². The number of rotatable bonds is 5. The Hall–Kier alpha value is -1.78. The Kier molecular flexibility index (Phi) is 4.82. The molecule has 0 amide bonds. The van der Waals surface area contributed by atoms with Crippen LogP contribution in [0.25, 0.3) is 0 Å². The van der Waals surface area contributed by atoms with Crippen LogP contribution in [0.4, 0.5) is 0 Å². The van der Waals surface area contributed by atoms with Crippen molar-refractivity contribution in [3.05, 3.63) is 52.1 Å². The molecule has 0 unspecified atom stereocenters. The van der Waals surface area contributed by atoms with E-state index in [1.54, 1.807) is 36.5 Å². The smallest absolute Gasteiger partial charge is 0.303 e. The van der Waals surface area contributed by atoms with Gasteiger partial charge in [-0.1, -0.05) is 29.3 Å². The summed E-state index contributed by atoms with van der Waals surface area (Å²) >= 11 is 11.8. The lowest BCUT2D eigenvalue weighted by Crippen LogP contribution is -2.00. The number of aliphatic carboxylic acids is 1. The summed E-state index contributed by atoms with van der Waals surface area (Å²) in [6, 6.07) is 8.33. The third-order valence-electron chi connectivity index (χ3n) is 2.51. The van der Waals surface area contributed by atoms with E-state index in [0.717, 1.165) is 0 Å². The molecule has 1 heterocycles. The van der Waals surface area contributed by atoms with Crippen LogP contribution in [0.1, 0.15) is 12.0 Å². The van der Waals surface area contributed by atoms with Crippen LogP contribution < -0.4 is 4.74 Å². The number of hydrogen-bond acceptors (Lipinski definition) is 3. The molecule has 0 fully saturated rings. The van der Waals surface area contributed by atoms with Gasteiger partial charge in [0.1, 0.15) is 5.75 Å². The first-order valence-corrected chi connectivity index (χ1v) is 6.60. The molecule has 1 aromatic carbocycles. The van der Waals surface area contributed by atoms with Crippen LogP contribution in [0.3, 0.4) is 0 Å². The van der Waals surface area contributed by atoms with Gasteiger partial charge in [-0.2, -0.15) is 0 Å². The van der Waals surface area contributed by atoms with Gasteiger partial charge in [0, 0.05) is 28.2 Å². The molecule has 104 valence electrons. The fourth-order valence-electron chi connectivity index (χ4n) is 1.65. The molecule has 0 bridgehead atoms. The molecule has 4 nitrogen and oxygen atoms in total. The van der Waals surface area contributed by atoms with E-state index >= 15 is 0 Å². The van der Waals surface area contributed by atoms with Crippen LogP contribution in [0, 0.1) is 0 Å². The molecular weight excluding hydrogens is 301 g/mol. The lowest BCUT2D eigenvalue weighted by atomic mass is 10.1. The number of benzene rings is 1. The fourth-order valence-corrected chi connectivity index (χ4v) is 2.15. The van der Waals surface area contributed by atoms with E-state index in [2.05, 4.69) is 4.98 Å². The largest absolute Gasteiger partial charge is 0.481 e. The number of aryl methyl sites for hydroxylation is 1. The Bertz CT molecular complexity index is 611. The zero-order valence-corrected chi connectivity index (χ0v) is 11.9. The molecule has 1 N–H and O–H groups in total. The molecular formula is C14H11Cl2NO3. The van der Waals surface area contributed by atoms with E-state index in [1.165, 1.54) is 0 Å². The number of carboxylic acids is 1. The summed E-state index contributed by atoms with van der Waals surface area (Å²) in [6.45, 7) is 0. The summed E-state index contributed by atoms with van der Waals surface area (Å²) in [7, 11) is 0. The van der Waals surface area contributed by atoms with Gasteiger partial charge in [0.25, 0.3) is 0 Å².